The Morgan fingerprint density at radius 2 is 1.88 bits per heavy atom. The van der Waals surface area contributed by atoms with Crippen molar-refractivity contribution in [3.63, 3.8) is 0 Å². The first-order chi connectivity index (χ1) is 16.3. The van der Waals surface area contributed by atoms with Crippen LogP contribution in [0.4, 0.5) is 5.69 Å². The summed E-state index contributed by atoms with van der Waals surface area (Å²) >= 11 is 0. The van der Waals surface area contributed by atoms with Crippen LogP contribution in [-0.4, -0.2) is 41.9 Å². The maximum Gasteiger partial charge on any atom is 0.296 e. The molecule has 0 unspecified atom stereocenters. The van der Waals surface area contributed by atoms with Gasteiger partial charge in [0, 0.05) is 31.8 Å². The third kappa shape index (κ3) is 3.73. The van der Waals surface area contributed by atoms with Gasteiger partial charge in [-0.1, -0.05) is 12.1 Å². The highest BCUT2D eigenvalue weighted by Crippen LogP contribution is 2.41. The lowest BCUT2D eigenvalue weighted by Gasteiger charge is -2.25. The van der Waals surface area contributed by atoms with E-state index in [1.165, 1.54) is 11.2 Å². The highest BCUT2D eigenvalue weighted by Gasteiger charge is 2.46. The van der Waals surface area contributed by atoms with Gasteiger partial charge in [-0.25, -0.2) is 0 Å². The zero-order valence-electron chi connectivity index (χ0n) is 19.3. The van der Waals surface area contributed by atoms with Crippen molar-refractivity contribution < 1.29 is 23.8 Å². The molecule has 0 aliphatic carbocycles. The monoisotopic (exact) mass is 458 g/mol. The minimum absolute atomic E-state index is 0.0569. The summed E-state index contributed by atoms with van der Waals surface area (Å²) in [5, 5.41) is 11.3. The summed E-state index contributed by atoms with van der Waals surface area (Å²) in [4.78, 5) is 29.8. The number of Topliss-reactive ketones (excluding diaryl/α,β-unsaturated/α-hetero) is 1. The molecular weight excluding hydrogens is 432 g/mol. The second-order valence-corrected chi connectivity index (χ2v) is 8.95. The minimum atomic E-state index is -0.746. The van der Waals surface area contributed by atoms with Gasteiger partial charge in [0.2, 0.25) is 0 Å². The summed E-state index contributed by atoms with van der Waals surface area (Å²) < 4.78 is 11.2. The zero-order valence-corrected chi connectivity index (χ0v) is 19.3. The number of ether oxygens (including phenoxy) is 1. The van der Waals surface area contributed by atoms with Gasteiger partial charge in [0.25, 0.3) is 11.7 Å². The van der Waals surface area contributed by atoms with Crippen LogP contribution in [0.15, 0.2) is 70.9 Å². The standard InChI is InChI=1S/C27H26N2O5/c1-16-13-19-14-18(8-11-22(19)34-16)25(30)23-24(17-6-9-20(10-7-17)28(2)3)29(27(32)26(23)31)15-21-5-4-12-33-21/h4-12,14,16,24,30H,13,15H2,1-3H3/b25-23+/t16-,24-/m1/s1. The summed E-state index contributed by atoms with van der Waals surface area (Å²) in [6, 6.07) is 15.7. The van der Waals surface area contributed by atoms with E-state index in [0.717, 1.165) is 29.0 Å². The highest BCUT2D eigenvalue weighted by molar-refractivity contribution is 6.46. The van der Waals surface area contributed by atoms with Crippen LogP contribution in [-0.2, 0) is 22.6 Å². The lowest BCUT2D eigenvalue weighted by atomic mass is 9.94. The van der Waals surface area contributed by atoms with Gasteiger partial charge in [0.05, 0.1) is 24.4 Å². The van der Waals surface area contributed by atoms with Crippen LogP contribution in [0.5, 0.6) is 5.75 Å². The normalized spacial score (nSPS) is 21.0. The fraction of sp³-hybridized carbons (Fsp3) is 0.259. The number of carbonyl (C=O) groups is 2. The molecule has 2 atom stereocenters. The topological polar surface area (TPSA) is 83.2 Å². The Hall–Kier alpha value is -4.00. The molecule has 34 heavy (non-hydrogen) atoms. The number of rotatable bonds is 5. The van der Waals surface area contributed by atoms with Crippen molar-refractivity contribution in [3.8, 4) is 5.75 Å². The molecule has 2 aliphatic rings. The lowest BCUT2D eigenvalue weighted by molar-refractivity contribution is -0.140. The number of carbonyl (C=O) groups excluding carboxylic acids is 2. The average Bonchev–Trinajstić information content (AvgIpc) is 3.53. The molecule has 1 amide bonds. The first-order valence-corrected chi connectivity index (χ1v) is 11.2. The van der Waals surface area contributed by atoms with Gasteiger partial charge in [-0.3, -0.25) is 9.59 Å². The van der Waals surface area contributed by atoms with Crippen LogP contribution >= 0.6 is 0 Å². The number of hydrogen-bond donors (Lipinski definition) is 1. The van der Waals surface area contributed by atoms with Gasteiger partial charge < -0.3 is 24.1 Å². The average molecular weight is 459 g/mol. The van der Waals surface area contributed by atoms with Gasteiger partial charge in [0.15, 0.2) is 0 Å². The Kier molecular flexibility index (Phi) is 5.40. The summed E-state index contributed by atoms with van der Waals surface area (Å²) in [6.07, 6.45) is 2.31. The molecule has 1 saturated heterocycles. The Labute approximate surface area is 197 Å². The van der Waals surface area contributed by atoms with E-state index in [0.29, 0.717) is 11.3 Å². The van der Waals surface area contributed by atoms with Gasteiger partial charge in [-0.15, -0.1) is 0 Å². The molecule has 0 bridgehead atoms. The molecule has 5 rings (SSSR count). The van der Waals surface area contributed by atoms with Crippen molar-refractivity contribution in [1.29, 1.82) is 0 Å². The molecule has 3 aromatic rings. The largest absolute Gasteiger partial charge is 0.507 e. The van der Waals surface area contributed by atoms with Crippen molar-refractivity contribution in [3.05, 3.63) is 88.9 Å². The number of anilines is 1. The molecule has 7 nitrogen and oxygen atoms in total. The predicted molar refractivity (Wildman–Crippen MR) is 128 cm³/mol. The Balaban J connectivity index is 1.62. The third-order valence-corrected chi connectivity index (χ3v) is 6.34. The fourth-order valence-corrected chi connectivity index (χ4v) is 4.64. The van der Waals surface area contributed by atoms with E-state index in [9.17, 15) is 14.7 Å². The van der Waals surface area contributed by atoms with Crippen molar-refractivity contribution in [1.82, 2.24) is 4.90 Å². The quantitative estimate of drug-likeness (QED) is 0.349. The van der Waals surface area contributed by atoms with Gasteiger partial charge in [0.1, 0.15) is 23.4 Å². The Morgan fingerprint density at radius 3 is 2.56 bits per heavy atom. The number of furan rings is 1. The number of fused-ring (bicyclic) bond motifs is 1. The number of hydrogen-bond acceptors (Lipinski definition) is 6. The molecule has 2 aromatic carbocycles. The number of likely N-dealkylation sites (tertiary alicyclic amines) is 1. The van der Waals surface area contributed by atoms with Crippen LogP contribution in [0, 0.1) is 0 Å². The summed E-state index contributed by atoms with van der Waals surface area (Å²) in [7, 11) is 3.88. The SMILES string of the molecule is C[C@@H]1Cc2cc(/C(O)=C3\C(=O)C(=O)N(Cc4ccco4)[C@@H]3c3ccc(N(C)C)cc3)ccc2O1. The Bertz CT molecular complexity index is 1270. The first-order valence-electron chi connectivity index (χ1n) is 11.2. The number of aliphatic hydroxyl groups excluding tert-OH is 1. The number of nitrogens with zero attached hydrogens (tertiary/aromatic N) is 2. The second-order valence-electron chi connectivity index (χ2n) is 8.95. The van der Waals surface area contributed by atoms with Crippen LogP contribution in [0.2, 0.25) is 0 Å². The van der Waals surface area contributed by atoms with Crippen molar-refractivity contribution >= 4 is 23.1 Å². The first kappa shape index (κ1) is 21.8. The van der Waals surface area contributed by atoms with Gasteiger partial charge in [-0.05, 0) is 60.5 Å². The molecule has 0 radical (unpaired) electrons. The zero-order chi connectivity index (χ0) is 24.0. The number of ketones is 1. The third-order valence-electron chi connectivity index (χ3n) is 6.34. The number of aliphatic hydroxyl groups is 1. The number of amides is 1. The molecular formula is C27H26N2O5. The fourth-order valence-electron chi connectivity index (χ4n) is 4.64. The van der Waals surface area contributed by atoms with Crippen molar-refractivity contribution in [2.45, 2.75) is 32.0 Å². The van der Waals surface area contributed by atoms with E-state index >= 15 is 0 Å². The van der Waals surface area contributed by atoms with E-state index in [-0.39, 0.29) is 24.0 Å². The maximum absolute atomic E-state index is 13.2. The molecule has 0 saturated carbocycles. The van der Waals surface area contributed by atoms with Crippen LogP contribution in [0.25, 0.3) is 5.76 Å². The van der Waals surface area contributed by atoms with Gasteiger partial charge in [-0.2, -0.15) is 0 Å². The van der Waals surface area contributed by atoms with Crippen LogP contribution in [0.1, 0.15) is 35.4 Å². The van der Waals surface area contributed by atoms with Crippen molar-refractivity contribution in [2.24, 2.45) is 0 Å². The minimum Gasteiger partial charge on any atom is -0.507 e. The van der Waals surface area contributed by atoms with E-state index in [1.54, 1.807) is 24.3 Å². The molecule has 0 spiro atoms. The van der Waals surface area contributed by atoms with Gasteiger partial charge >= 0.3 is 0 Å². The van der Waals surface area contributed by atoms with E-state index in [4.69, 9.17) is 9.15 Å². The lowest BCUT2D eigenvalue weighted by Crippen LogP contribution is -2.29. The second kappa shape index (κ2) is 8.41. The molecule has 1 fully saturated rings. The molecule has 2 aliphatic heterocycles. The van der Waals surface area contributed by atoms with Crippen molar-refractivity contribution in [2.75, 3.05) is 19.0 Å². The summed E-state index contributed by atoms with van der Waals surface area (Å²) in [5.41, 5.74) is 3.24. The van der Waals surface area contributed by atoms with E-state index < -0.39 is 17.7 Å². The summed E-state index contributed by atoms with van der Waals surface area (Å²) in [5.74, 6) is -0.239. The molecule has 7 heteroatoms. The molecule has 1 aromatic heterocycles. The van der Waals surface area contributed by atoms with Crippen LogP contribution in [0.3, 0.4) is 0 Å². The summed E-state index contributed by atoms with van der Waals surface area (Å²) in [6.45, 7) is 2.10. The molecule has 3 heterocycles. The molecule has 1 N–H and O–H groups in total. The Morgan fingerprint density at radius 1 is 1.12 bits per heavy atom. The van der Waals surface area contributed by atoms with Crippen LogP contribution < -0.4 is 9.64 Å². The molecule has 174 valence electrons. The van der Waals surface area contributed by atoms with E-state index in [1.807, 2.05) is 56.3 Å². The maximum atomic E-state index is 13.2. The highest BCUT2D eigenvalue weighted by atomic mass is 16.5. The smallest absolute Gasteiger partial charge is 0.296 e. The van der Waals surface area contributed by atoms with E-state index in [2.05, 4.69) is 0 Å². The predicted octanol–water partition coefficient (Wildman–Crippen LogP) is 4.29. The number of benzene rings is 2.